The summed E-state index contributed by atoms with van der Waals surface area (Å²) < 4.78 is 13.3. The van der Waals surface area contributed by atoms with Crippen LogP contribution in [-0.4, -0.2) is 24.4 Å². The number of amides is 1. The van der Waals surface area contributed by atoms with Crippen LogP contribution in [0.15, 0.2) is 78.9 Å². The molecule has 3 aromatic carbocycles. The molecule has 0 aliphatic heterocycles. The maximum absolute atomic E-state index is 13.3. The minimum Gasteiger partial charge on any atom is -0.348 e. The van der Waals surface area contributed by atoms with E-state index in [1.807, 2.05) is 55.3 Å². The Labute approximate surface area is 165 Å². The summed E-state index contributed by atoms with van der Waals surface area (Å²) in [6.07, 6.45) is 0. The number of carbonyl (C=O) groups excluding carboxylic acids is 1. The van der Waals surface area contributed by atoms with Gasteiger partial charge in [0.25, 0.3) is 0 Å². The summed E-state index contributed by atoms with van der Waals surface area (Å²) in [4.78, 5) is 14.2. The van der Waals surface area contributed by atoms with E-state index in [0.717, 1.165) is 16.7 Å². The van der Waals surface area contributed by atoms with E-state index in [-0.39, 0.29) is 24.3 Å². The second kappa shape index (κ2) is 9.29. The molecule has 3 nitrogen and oxygen atoms in total. The maximum atomic E-state index is 13.3. The van der Waals surface area contributed by atoms with Gasteiger partial charge >= 0.3 is 0 Å². The van der Waals surface area contributed by atoms with Crippen LogP contribution >= 0.6 is 0 Å². The standard InChI is InChI=1S/C24H25FN2O/c1-18(20-11-13-22(14-12-20)21-8-4-3-5-9-21)26-24(28)17-27(2)16-19-7-6-10-23(25)15-19/h3-15,18H,16-17H2,1-2H3,(H,26,28)/t18-/m1/s1. The number of hydrogen-bond acceptors (Lipinski definition) is 2. The minimum atomic E-state index is -0.261. The number of rotatable bonds is 7. The molecule has 3 aromatic rings. The van der Waals surface area contributed by atoms with Gasteiger partial charge in [-0.15, -0.1) is 0 Å². The van der Waals surface area contributed by atoms with Gasteiger partial charge < -0.3 is 5.32 Å². The van der Waals surface area contributed by atoms with Crippen LogP contribution < -0.4 is 5.32 Å². The third kappa shape index (κ3) is 5.51. The SMILES string of the molecule is C[C@@H](NC(=O)CN(C)Cc1cccc(F)c1)c1ccc(-c2ccccc2)cc1. The van der Waals surface area contributed by atoms with Gasteiger partial charge in [0, 0.05) is 6.54 Å². The number of carbonyl (C=O) groups is 1. The summed E-state index contributed by atoms with van der Waals surface area (Å²) in [5.41, 5.74) is 4.23. The van der Waals surface area contributed by atoms with Gasteiger partial charge in [-0.05, 0) is 48.4 Å². The van der Waals surface area contributed by atoms with E-state index < -0.39 is 0 Å². The van der Waals surface area contributed by atoms with Gasteiger partial charge in [0.05, 0.1) is 12.6 Å². The Morgan fingerprint density at radius 2 is 1.64 bits per heavy atom. The van der Waals surface area contributed by atoms with E-state index >= 15 is 0 Å². The topological polar surface area (TPSA) is 32.3 Å². The van der Waals surface area contributed by atoms with Crippen molar-refractivity contribution in [1.29, 1.82) is 0 Å². The monoisotopic (exact) mass is 376 g/mol. The molecule has 1 atom stereocenters. The molecule has 4 heteroatoms. The van der Waals surface area contributed by atoms with Crippen molar-refractivity contribution in [2.75, 3.05) is 13.6 Å². The Bertz CT molecular complexity index is 909. The zero-order chi connectivity index (χ0) is 19.9. The lowest BCUT2D eigenvalue weighted by Crippen LogP contribution is -2.36. The molecular weight excluding hydrogens is 351 g/mol. The van der Waals surface area contributed by atoms with Crippen LogP contribution in [0.4, 0.5) is 4.39 Å². The molecule has 0 saturated heterocycles. The van der Waals surface area contributed by atoms with E-state index in [0.29, 0.717) is 6.54 Å². The Balaban J connectivity index is 1.53. The van der Waals surface area contributed by atoms with Crippen molar-refractivity contribution in [3.63, 3.8) is 0 Å². The Morgan fingerprint density at radius 3 is 2.32 bits per heavy atom. The minimum absolute atomic E-state index is 0.0569. The van der Waals surface area contributed by atoms with Crippen LogP contribution in [-0.2, 0) is 11.3 Å². The average molecular weight is 376 g/mol. The summed E-state index contributed by atoms with van der Waals surface area (Å²) >= 11 is 0. The number of nitrogens with zero attached hydrogens (tertiary/aromatic N) is 1. The van der Waals surface area contributed by atoms with Gasteiger partial charge in [-0.3, -0.25) is 9.69 Å². The molecule has 0 radical (unpaired) electrons. The number of nitrogens with one attached hydrogen (secondary N) is 1. The smallest absolute Gasteiger partial charge is 0.234 e. The van der Waals surface area contributed by atoms with Crippen LogP contribution in [0, 0.1) is 5.82 Å². The fraction of sp³-hybridized carbons (Fsp3) is 0.208. The number of benzene rings is 3. The zero-order valence-electron chi connectivity index (χ0n) is 16.2. The first-order valence-corrected chi connectivity index (χ1v) is 9.39. The third-order valence-electron chi connectivity index (χ3n) is 4.65. The van der Waals surface area contributed by atoms with Crippen molar-refractivity contribution in [3.05, 3.63) is 95.8 Å². The molecular formula is C24H25FN2O. The molecule has 0 aliphatic carbocycles. The number of hydrogen-bond donors (Lipinski definition) is 1. The lowest BCUT2D eigenvalue weighted by atomic mass is 10.0. The molecule has 28 heavy (non-hydrogen) atoms. The van der Waals surface area contributed by atoms with Crippen molar-refractivity contribution >= 4 is 5.91 Å². The molecule has 0 saturated carbocycles. The summed E-state index contributed by atoms with van der Waals surface area (Å²) in [7, 11) is 1.85. The first-order chi connectivity index (χ1) is 13.5. The van der Waals surface area contributed by atoms with E-state index in [2.05, 4.69) is 29.6 Å². The third-order valence-corrected chi connectivity index (χ3v) is 4.65. The first-order valence-electron chi connectivity index (χ1n) is 9.39. The molecule has 0 unspecified atom stereocenters. The predicted octanol–water partition coefficient (Wildman–Crippen LogP) is 4.80. The van der Waals surface area contributed by atoms with Crippen molar-refractivity contribution < 1.29 is 9.18 Å². The van der Waals surface area contributed by atoms with E-state index in [4.69, 9.17) is 0 Å². The summed E-state index contributed by atoms with van der Waals surface area (Å²) in [5, 5.41) is 3.03. The van der Waals surface area contributed by atoms with Crippen LogP contribution in [0.5, 0.6) is 0 Å². The van der Waals surface area contributed by atoms with Gasteiger partial charge in [-0.2, -0.15) is 0 Å². The normalized spacial score (nSPS) is 12.0. The summed E-state index contributed by atoms with van der Waals surface area (Å²) in [5.74, 6) is -0.318. The van der Waals surface area contributed by atoms with Crippen molar-refractivity contribution in [2.45, 2.75) is 19.5 Å². The molecule has 3 rings (SSSR count). The first kappa shape index (κ1) is 19.8. The molecule has 0 spiro atoms. The maximum Gasteiger partial charge on any atom is 0.234 e. The highest BCUT2D eigenvalue weighted by molar-refractivity contribution is 5.78. The molecule has 1 N–H and O–H groups in total. The van der Waals surface area contributed by atoms with E-state index in [9.17, 15) is 9.18 Å². The van der Waals surface area contributed by atoms with Crippen LogP contribution in [0.25, 0.3) is 11.1 Å². The van der Waals surface area contributed by atoms with E-state index in [1.54, 1.807) is 6.07 Å². The van der Waals surface area contributed by atoms with Crippen molar-refractivity contribution in [2.24, 2.45) is 0 Å². The Morgan fingerprint density at radius 1 is 0.964 bits per heavy atom. The second-order valence-corrected chi connectivity index (χ2v) is 7.08. The highest BCUT2D eigenvalue weighted by atomic mass is 19.1. The fourth-order valence-electron chi connectivity index (χ4n) is 3.21. The van der Waals surface area contributed by atoms with Gasteiger partial charge in [0.1, 0.15) is 5.82 Å². The lowest BCUT2D eigenvalue weighted by Gasteiger charge is -2.19. The second-order valence-electron chi connectivity index (χ2n) is 7.08. The highest BCUT2D eigenvalue weighted by Gasteiger charge is 2.12. The fourth-order valence-corrected chi connectivity index (χ4v) is 3.21. The number of likely N-dealkylation sites (N-methyl/N-ethyl adjacent to an activating group) is 1. The Hall–Kier alpha value is -2.98. The van der Waals surface area contributed by atoms with Crippen molar-refractivity contribution in [3.8, 4) is 11.1 Å². The van der Waals surface area contributed by atoms with Gasteiger partial charge in [0.15, 0.2) is 0 Å². The summed E-state index contributed by atoms with van der Waals surface area (Å²) in [6, 6.07) is 24.8. The molecule has 1 amide bonds. The van der Waals surface area contributed by atoms with Gasteiger partial charge in [-0.25, -0.2) is 4.39 Å². The van der Waals surface area contributed by atoms with Crippen LogP contribution in [0.2, 0.25) is 0 Å². The molecule has 0 fully saturated rings. The molecule has 0 aromatic heterocycles. The zero-order valence-corrected chi connectivity index (χ0v) is 16.2. The average Bonchev–Trinajstić information content (AvgIpc) is 2.68. The van der Waals surface area contributed by atoms with Crippen molar-refractivity contribution in [1.82, 2.24) is 10.2 Å². The van der Waals surface area contributed by atoms with E-state index in [1.165, 1.54) is 17.7 Å². The van der Waals surface area contributed by atoms with Crippen LogP contribution in [0.3, 0.4) is 0 Å². The molecule has 0 aliphatic rings. The quantitative estimate of drug-likeness (QED) is 0.642. The molecule has 144 valence electrons. The molecule has 0 bridgehead atoms. The highest BCUT2D eigenvalue weighted by Crippen LogP contribution is 2.21. The number of halogens is 1. The summed E-state index contributed by atoms with van der Waals surface area (Å²) in [6.45, 7) is 2.75. The largest absolute Gasteiger partial charge is 0.348 e. The lowest BCUT2D eigenvalue weighted by molar-refractivity contribution is -0.122. The predicted molar refractivity (Wildman–Crippen MR) is 111 cm³/mol. The Kier molecular flexibility index (Phi) is 6.56. The molecule has 0 heterocycles. The van der Waals surface area contributed by atoms with Crippen LogP contribution in [0.1, 0.15) is 24.1 Å². The van der Waals surface area contributed by atoms with Gasteiger partial charge in [0.2, 0.25) is 5.91 Å². The van der Waals surface area contributed by atoms with Gasteiger partial charge in [-0.1, -0.05) is 66.7 Å².